The van der Waals surface area contributed by atoms with Crippen LogP contribution in [0.4, 0.5) is 0 Å². The number of esters is 1. The maximum atomic E-state index is 12.4. The molecule has 0 aliphatic carbocycles. The number of ether oxygens (including phenoxy) is 1. The van der Waals surface area contributed by atoms with Gasteiger partial charge in [-0.1, -0.05) is 12.1 Å². The van der Waals surface area contributed by atoms with E-state index in [-0.39, 0.29) is 16.4 Å². The van der Waals surface area contributed by atoms with Gasteiger partial charge < -0.3 is 9.72 Å². The SMILES string of the molecule is CC(=O)c1c(C)[nH]c(C(=O)COC(=O)CNS(=O)(=O)c2cc(C)ccc2C)c1C. The Kier molecular flexibility index (Phi) is 6.76. The smallest absolute Gasteiger partial charge is 0.321 e. The molecule has 1 heterocycles. The van der Waals surface area contributed by atoms with Crippen LogP contribution in [0, 0.1) is 27.7 Å². The number of sulfonamides is 1. The summed E-state index contributed by atoms with van der Waals surface area (Å²) in [6.45, 7) is 6.95. The molecule has 0 bridgehead atoms. The summed E-state index contributed by atoms with van der Waals surface area (Å²) in [5, 5.41) is 0. The van der Waals surface area contributed by atoms with E-state index in [0.29, 0.717) is 22.4 Å². The van der Waals surface area contributed by atoms with Crippen LogP contribution in [0.3, 0.4) is 0 Å². The number of nitrogens with one attached hydrogen (secondary N) is 2. The molecule has 0 fully saturated rings. The lowest BCUT2D eigenvalue weighted by molar-refractivity contribution is -0.141. The molecule has 0 saturated carbocycles. The second-order valence-corrected chi connectivity index (χ2v) is 8.59. The first-order valence-corrected chi connectivity index (χ1v) is 10.4. The molecule has 156 valence electrons. The topological polar surface area (TPSA) is 122 Å². The van der Waals surface area contributed by atoms with Crippen LogP contribution in [0.2, 0.25) is 0 Å². The lowest BCUT2D eigenvalue weighted by Gasteiger charge is -2.10. The predicted octanol–water partition coefficient (Wildman–Crippen LogP) is 2.16. The van der Waals surface area contributed by atoms with Crippen molar-refractivity contribution in [2.45, 2.75) is 39.5 Å². The molecule has 0 amide bonds. The van der Waals surface area contributed by atoms with Crippen LogP contribution >= 0.6 is 0 Å². The fourth-order valence-electron chi connectivity index (χ4n) is 3.05. The third-order valence-electron chi connectivity index (χ3n) is 4.47. The van der Waals surface area contributed by atoms with Crippen molar-refractivity contribution in [1.82, 2.24) is 9.71 Å². The number of aromatic nitrogens is 1. The Bertz CT molecular complexity index is 1080. The van der Waals surface area contributed by atoms with Gasteiger partial charge in [0.2, 0.25) is 15.8 Å². The van der Waals surface area contributed by atoms with Crippen LogP contribution in [-0.2, 0) is 19.6 Å². The van der Waals surface area contributed by atoms with Crippen molar-refractivity contribution in [1.29, 1.82) is 0 Å². The number of carbonyl (C=O) groups excluding carboxylic acids is 3. The van der Waals surface area contributed by atoms with Crippen LogP contribution in [0.15, 0.2) is 23.1 Å². The van der Waals surface area contributed by atoms with Gasteiger partial charge in [-0.15, -0.1) is 0 Å². The van der Waals surface area contributed by atoms with E-state index in [2.05, 4.69) is 9.71 Å². The summed E-state index contributed by atoms with van der Waals surface area (Å²) in [5.41, 5.74) is 2.99. The van der Waals surface area contributed by atoms with Crippen LogP contribution in [0.1, 0.15) is 50.2 Å². The number of benzene rings is 1. The van der Waals surface area contributed by atoms with E-state index < -0.39 is 34.9 Å². The number of carbonyl (C=O) groups is 3. The maximum Gasteiger partial charge on any atom is 0.321 e. The Morgan fingerprint density at radius 2 is 1.76 bits per heavy atom. The number of aromatic amines is 1. The van der Waals surface area contributed by atoms with Gasteiger partial charge in [-0.25, -0.2) is 8.42 Å². The summed E-state index contributed by atoms with van der Waals surface area (Å²) in [7, 11) is -3.90. The number of aryl methyl sites for hydroxylation is 3. The quantitative estimate of drug-likeness (QED) is 0.498. The molecule has 2 rings (SSSR count). The Balaban J connectivity index is 1.98. The number of Topliss-reactive ketones (excluding diaryl/α,β-unsaturated/α-hetero) is 2. The zero-order valence-corrected chi connectivity index (χ0v) is 17.8. The van der Waals surface area contributed by atoms with E-state index >= 15 is 0 Å². The van der Waals surface area contributed by atoms with Crippen molar-refractivity contribution in [3.63, 3.8) is 0 Å². The van der Waals surface area contributed by atoms with Crippen molar-refractivity contribution in [3.8, 4) is 0 Å². The lowest BCUT2D eigenvalue weighted by Crippen LogP contribution is -2.32. The zero-order valence-electron chi connectivity index (χ0n) is 17.0. The summed E-state index contributed by atoms with van der Waals surface area (Å²) in [6, 6.07) is 4.97. The second-order valence-electron chi connectivity index (χ2n) is 6.86. The van der Waals surface area contributed by atoms with E-state index in [1.807, 2.05) is 0 Å². The lowest BCUT2D eigenvalue weighted by atomic mass is 10.1. The fraction of sp³-hybridized carbons (Fsp3) is 0.350. The van der Waals surface area contributed by atoms with Crippen LogP contribution in [0.25, 0.3) is 0 Å². The monoisotopic (exact) mass is 420 g/mol. The van der Waals surface area contributed by atoms with Gasteiger partial charge in [-0.2, -0.15) is 4.72 Å². The highest BCUT2D eigenvalue weighted by Crippen LogP contribution is 2.19. The van der Waals surface area contributed by atoms with Crippen molar-refractivity contribution in [2.24, 2.45) is 0 Å². The molecule has 2 aromatic rings. The van der Waals surface area contributed by atoms with Crippen molar-refractivity contribution in [3.05, 3.63) is 51.8 Å². The number of hydrogen-bond donors (Lipinski definition) is 2. The molecule has 0 atom stereocenters. The molecule has 0 unspecified atom stereocenters. The largest absolute Gasteiger partial charge is 0.456 e. The highest BCUT2D eigenvalue weighted by atomic mass is 32.2. The zero-order chi connectivity index (χ0) is 21.9. The summed E-state index contributed by atoms with van der Waals surface area (Å²) in [6.07, 6.45) is 0. The average Bonchev–Trinajstić information content (AvgIpc) is 2.94. The van der Waals surface area contributed by atoms with Gasteiger partial charge in [0.15, 0.2) is 12.4 Å². The van der Waals surface area contributed by atoms with Crippen molar-refractivity contribution >= 4 is 27.6 Å². The van der Waals surface area contributed by atoms with E-state index in [4.69, 9.17) is 4.74 Å². The summed E-state index contributed by atoms with van der Waals surface area (Å²) < 4.78 is 31.9. The van der Waals surface area contributed by atoms with Gasteiger partial charge in [0.25, 0.3) is 0 Å². The van der Waals surface area contributed by atoms with E-state index in [9.17, 15) is 22.8 Å². The summed E-state index contributed by atoms with van der Waals surface area (Å²) in [4.78, 5) is 38.8. The minimum absolute atomic E-state index is 0.0793. The first kappa shape index (κ1) is 22.5. The first-order chi connectivity index (χ1) is 13.4. The molecule has 9 heteroatoms. The molecule has 0 aliphatic rings. The number of hydrogen-bond acceptors (Lipinski definition) is 6. The minimum atomic E-state index is -3.90. The number of H-pyrrole nitrogens is 1. The van der Waals surface area contributed by atoms with Gasteiger partial charge in [0.05, 0.1) is 10.6 Å². The summed E-state index contributed by atoms with van der Waals surface area (Å²) >= 11 is 0. The fourth-order valence-corrected chi connectivity index (χ4v) is 4.35. The van der Waals surface area contributed by atoms with Gasteiger partial charge >= 0.3 is 5.97 Å². The summed E-state index contributed by atoms with van der Waals surface area (Å²) in [5.74, 6) is -1.57. The average molecular weight is 420 g/mol. The second kappa shape index (κ2) is 8.71. The molecule has 8 nitrogen and oxygen atoms in total. The molecule has 0 spiro atoms. The molecule has 0 aliphatic heterocycles. The third-order valence-corrected chi connectivity index (χ3v) is 6.02. The molecule has 2 N–H and O–H groups in total. The minimum Gasteiger partial charge on any atom is -0.456 e. The number of rotatable bonds is 8. The van der Waals surface area contributed by atoms with Gasteiger partial charge in [0, 0.05) is 11.3 Å². The highest BCUT2D eigenvalue weighted by Gasteiger charge is 2.22. The standard InChI is InChI=1S/C20H24N2O6S/c1-11-6-7-12(2)17(8-11)29(26,27)21-9-18(25)28-10-16(24)20-13(3)19(15(5)23)14(4)22-20/h6-8,21-22H,9-10H2,1-5H3. The Hall–Kier alpha value is -2.78. The molecule has 0 saturated heterocycles. The Morgan fingerprint density at radius 3 is 2.34 bits per heavy atom. The Labute approximate surface area is 169 Å². The van der Waals surface area contributed by atoms with Gasteiger partial charge in [-0.3, -0.25) is 14.4 Å². The number of ketones is 2. The third kappa shape index (κ3) is 5.18. The van der Waals surface area contributed by atoms with Crippen molar-refractivity contribution < 1.29 is 27.5 Å². The molecular weight excluding hydrogens is 396 g/mol. The van der Waals surface area contributed by atoms with Crippen molar-refractivity contribution in [2.75, 3.05) is 13.2 Å². The highest BCUT2D eigenvalue weighted by molar-refractivity contribution is 7.89. The normalized spacial score (nSPS) is 11.3. The molecule has 0 radical (unpaired) electrons. The van der Waals surface area contributed by atoms with Gasteiger partial charge in [0.1, 0.15) is 6.54 Å². The maximum absolute atomic E-state index is 12.4. The van der Waals surface area contributed by atoms with E-state index in [1.165, 1.54) is 13.0 Å². The van der Waals surface area contributed by atoms with E-state index in [1.54, 1.807) is 39.8 Å². The molecule has 29 heavy (non-hydrogen) atoms. The van der Waals surface area contributed by atoms with Crippen LogP contribution in [-0.4, -0.2) is 44.1 Å². The van der Waals surface area contributed by atoms with Crippen LogP contribution in [0.5, 0.6) is 0 Å². The molecular formula is C20H24N2O6S. The van der Waals surface area contributed by atoms with Gasteiger partial charge in [-0.05, 0) is 57.4 Å². The first-order valence-electron chi connectivity index (χ1n) is 8.90. The Morgan fingerprint density at radius 1 is 1.10 bits per heavy atom. The van der Waals surface area contributed by atoms with Crippen LogP contribution < -0.4 is 4.72 Å². The molecule has 1 aromatic heterocycles. The molecule has 1 aromatic carbocycles. The van der Waals surface area contributed by atoms with E-state index in [0.717, 1.165) is 5.56 Å². The predicted molar refractivity (Wildman–Crippen MR) is 107 cm³/mol.